The summed E-state index contributed by atoms with van der Waals surface area (Å²) < 4.78 is 1.91. The molecule has 14 heavy (non-hydrogen) atoms. The van der Waals surface area contributed by atoms with Gasteiger partial charge in [0.2, 0.25) is 0 Å². The molecule has 0 unspecified atom stereocenters. The first-order valence-corrected chi connectivity index (χ1v) is 4.76. The van der Waals surface area contributed by atoms with Gasteiger partial charge in [-0.1, -0.05) is 20.8 Å². The van der Waals surface area contributed by atoms with Crippen molar-refractivity contribution in [3.63, 3.8) is 0 Å². The molecular weight excluding hydrogens is 180 g/mol. The highest BCUT2D eigenvalue weighted by molar-refractivity contribution is 5.69. The van der Waals surface area contributed by atoms with Crippen LogP contribution in [0, 0.1) is 5.92 Å². The third-order valence-corrected chi connectivity index (χ3v) is 2.16. The number of aromatic nitrogens is 2. The van der Waals surface area contributed by atoms with Crippen molar-refractivity contribution in [1.82, 2.24) is 9.55 Å². The van der Waals surface area contributed by atoms with E-state index in [1.165, 1.54) is 0 Å². The third kappa shape index (κ3) is 2.34. The number of rotatable bonds is 4. The summed E-state index contributed by atoms with van der Waals surface area (Å²) >= 11 is 0. The standard InChI is InChI=1S/C10H16N2O2/c1-7(2)9-11-4-5-12(9)6-8(3)10(13)14/h4-5,7-8H,6H2,1-3H3,(H,13,14)/t8-/m0/s1. The fourth-order valence-electron chi connectivity index (χ4n) is 1.35. The topological polar surface area (TPSA) is 55.1 Å². The third-order valence-electron chi connectivity index (χ3n) is 2.16. The fraction of sp³-hybridized carbons (Fsp3) is 0.600. The molecule has 4 nitrogen and oxygen atoms in total. The first kappa shape index (κ1) is 10.8. The SMILES string of the molecule is CC(C)c1nccn1C[C@H](C)C(=O)O. The van der Waals surface area contributed by atoms with Gasteiger partial charge >= 0.3 is 5.97 Å². The maximum Gasteiger partial charge on any atom is 0.308 e. The van der Waals surface area contributed by atoms with Crippen LogP contribution in [0.5, 0.6) is 0 Å². The average molecular weight is 196 g/mol. The molecule has 1 N–H and O–H groups in total. The first-order valence-electron chi connectivity index (χ1n) is 4.76. The molecule has 0 bridgehead atoms. The summed E-state index contributed by atoms with van der Waals surface area (Å²) in [4.78, 5) is 14.9. The molecule has 0 fully saturated rings. The zero-order chi connectivity index (χ0) is 10.7. The predicted octanol–water partition coefficient (Wildman–Crippen LogP) is 1.73. The molecule has 78 valence electrons. The van der Waals surface area contributed by atoms with Gasteiger partial charge in [0.1, 0.15) is 5.82 Å². The van der Waals surface area contributed by atoms with Crippen molar-refractivity contribution in [3.8, 4) is 0 Å². The average Bonchev–Trinajstić information content (AvgIpc) is 2.52. The lowest BCUT2D eigenvalue weighted by Gasteiger charge is -2.12. The van der Waals surface area contributed by atoms with Crippen LogP contribution in [-0.4, -0.2) is 20.6 Å². The molecule has 0 spiro atoms. The summed E-state index contributed by atoms with van der Waals surface area (Å²) in [5.74, 6) is 0.124. The number of carboxylic acid groups (broad SMARTS) is 1. The van der Waals surface area contributed by atoms with Gasteiger partial charge in [0.05, 0.1) is 5.92 Å². The second-order valence-corrected chi connectivity index (χ2v) is 3.83. The van der Waals surface area contributed by atoms with Crippen LogP contribution in [0.25, 0.3) is 0 Å². The molecule has 4 heteroatoms. The molecule has 0 aliphatic heterocycles. The van der Waals surface area contributed by atoms with Gasteiger partial charge in [-0.3, -0.25) is 4.79 Å². The first-order chi connectivity index (χ1) is 6.52. The van der Waals surface area contributed by atoms with Crippen molar-refractivity contribution in [2.24, 2.45) is 5.92 Å². The van der Waals surface area contributed by atoms with Crippen LogP contribution in [0.2, 0.25) is 0 Å². The van der Waals surface area contributed by atoms with Crippen LogP contribution in [-0.2, 0) is 11.3 Å². The zero-order valence-corrected chi connectivity index (χ0v) is 8.77. The van der Waals surface area contributed by atoms with Crippen molar-refractivity contribution in [2.75, 3.05) is 0 Å². The number of aliphatic carboxylic acids is 1. The van der Waals surface area contributed by atoms with E-state index in [2.05, 4.69) is 4.98 Å². The van der Waals surface area contributed by atoms with E-state index in [9.17, 15) is 4.79 Å². The summed E-state index contributed by atoms with van der Waals surface area (Å²) in [6.07, 6.45) is 3.54. The van der Waals surface area contributed by atoms with Gasteiger partial charge in [-0.05, 0) is 0 Å². The molecule has 0 aliphatic rings. The molecule has 0 saturated heterocycles. The van der Waals surface area contributed by atoms with Gasteiger partial charge in [0, 0.05) is 24.9 Å². The maximum absolute atomic E-state index is 10.7. The van der Waals surface area contributed by atoms with Gasteiger partial charge in [-0.25, -0.2) is 4.98 Å². The summed E-state index contributed by atoms with van der Waals surface area (Å²) in [6.45, 7) is 6.28. The van der Waals surface area contributed by atoms with Crippen LogP contribution in [0.15, 0.2) is 12.4 Å². The minimum atomic E-state index is -0.770. The Labute approximate surface area is 83.6 Å². The van der Waals surface area contributed by atoms with E-state index in [-0.39, 0.29) is 5.92 Å². The summed E-state index contributed by atoms with van der Waals surface area (Å²) in [7, 11) is 0. The lowest BCUT2D eigenvalue weighted by molar-refractivity contribution is -0.141. The Kier molecular flexibility index (Phi) is 3.28. The van der Waals surface area contributed by atoms with E-state index in [0.29, 0.717) is 12.5 Å². The summed E-state index contributed by atoms with van der Waals surface area (Å²) in [6, 6.07) is 0. The van der Waals surface area contributed by atoms with E-state index < -0.39 is 5.97 Å². The van der Waals surface area contributed by atoms with Crippen molar-refractivity contribution in [2.45, 2.75) is 33.2 Å². The Morgan fingerprint density at radius 3 is 2.71 bits per heavy atom. The lowest BCUT2D eigenvalue weighted by atomic mass is 10.1. The normalized spacial score (nSPS) is 13.1. The van der Waals surface area contributed by atoms with Crippen LogP contribution in [0.3, 0.4) is 0 Å². The number of hydrogen-bond acceptors (Lipinski definition) is 2. The molecule has 1 heterocycles. The Balaban J connectivity index is 2.76. The molecule has 1 aromatic rings. The molecule has 1 atom stereocenters. The number of carbonyl (C=O) groups is 1. The lowest BCUT2D eigenvalue weighted by Crippen LogP contribution is -2.18. The highest BCUT2D eigenvalue weighted by Crippen LogP contribution is 2.13. The fourth-order valence-corrected chi connectivity index (χ4v) is 1.35. The number of hydrogen-bond donors (Lipinski definition) is 1. The van der Waals surface area contributed by atoms with Crippen LogP contribution in [0.1, 0.15) is 32.5 Å². The van der Waals surface area contributed by atoms with E-state index in [1.807, 2.05) is 24.6 Å². The highest BCUT2D eigenvalue weighted by Gasteiger charge is 2.14. The molecule has 0 saturated carbocycles. The Morgan fingerprint density at radius 1 is 1.57 bits per heavy atom. The Bertz CT molecular complexity index is 318. The minimum absolute atomic E-state index is 0.325. The molecular formula is C10H16N2O2. The zero-order valence-electron chi connectivity index (χ0n) is 8.77. The second kappa shape index (κ2) is 4.26. The van der Waals surface area contributed by atoms with Gasteiger partial charge < -0.3 is 9.67 Å². The van der Waals surface area contributed by atoms with E-state index >= 15 is 0 Å². The predicted molar refractivity (Wildman–Crippen MR) is 53.1 cm³/mol. The van der Waals surface area contributed by atoms with Crippen LogP contribution < -0.4 is 0 Å². The number of nitrogens with zero attached hydrogens (tertiary/aromatic N) is 2. The van der Waals surface area contributed by atoms with Crippen LogP contribution in [0.4, 0.5) is 0 Å². The van der Waals surface area contributed by atoms with Crippen molar-refractivity contribution >= 4 is 5.97 Å². The molecule has 0 amide bonds. The number of imidazole rings is 1. The van der Waals surface area contributed by atoms with Crippen molar-refractivity contribution in [3.05, 3.63) is 18.2 Å². The monoisotopic (exact) mass is 196 g/mol. The van der Waals surface area contributed by atoms with E-state index in [0.717, 1.165) is 5.82 Å². The molecule has 0 aliphatic carbocycles. The van der Waals surface area contributed by atoms with Gasteiger partial charge in [-0.15, -0.1) is 0 Å². The summed E-state index contributed by atoms with van der Waals surface area (Å²) in [5.41, 5.74) is 0. The summed E-state index contributed by atoms with van der Waals surface area (Å²) in [5, 5.41) is 8.78. The second-order valence-electron chi connectivity index (χ2n) is 3.83. The Morgan fingerprint density at radius 2 is 2.21 bits per heavy atom. The molecule has 0 radical (unpaired) electrons. The highest BCUT2D eigenvalue weighted by atomic mass is 16.4. The number of carboxylic acids is 1. The largest absolute Gasteiger partial charge is 0.481 e. The molecule has 1 aromatic heterocycles. The molecule has 0 aromatic carbocycles. The van der Waals surface area contributed by atoms with E-state index in [1.54, 1.807) is 13.1 Å². The quantitative estimate of drug-likeness (QED) is 0.797. The van der Waals surface area contributed by atoms with Gasteiger partial charge in [-0.2, -0.15) is 0 Å². The maximum atomic E-state index is 10.7. The van der Waals surface area contributed by atoms with Crippen LogP contribution >= 0.6 is 0 Å². The van der Waals surface area contributed by atoms with Gasteiger partial charge in [0.25, 0.3) is 0 Å². The molecule has 1 rings (SSSR count). The van der Waals surface area contributed by atoms with Crippen molar-refractivity contribution < 1.29 is 9.90 Å². The van der Waals surface area contributed by atoms with E-state index in [4.69, 9.17) is 5.11 Å². The smallest absolute Gasteiger partial charge is 0.308 e. The van der Waals surface area contributed by atoms with Crippen molar-refractivity contribution in [1.29, 1.82) is 0 Å². The van der Waals surface area contributed by atoms with Gasteiger partial charge in [0.15, 0.2) is 0 Å². The minimum Gasteiger partial charge on any atom is -0.481 e. The Hall–Kier alpha value is -1.32.